The van der Waals surface area contributed by atoms with Gasteiger partial charge in [-0.3, -0.25) is 14.4 Å². The molecule has 2 rings (SSSR count). The van der Waals surface area contributed by atoms with Gasteiger partial charge in [0.25, 0.3) is 0 Å². The molecule has 2 N–H and O–H groups in total. The number of amides is 2. The van der Waals surface area contributed by atoms with Crippen molar-refractivity contribution >= 4 is 29.4 Å². The number of carbonyl (C=O) groups is 3. The number of benzene rings is 2. The van der Waals surface area contributed by atoms with E-state index in [0.717, 1.165) is 29.5 Å². The highest BCUT2D eigenvalue weighted by Gasteiger charge is 2.36. The summed E-state index contributed by atoms with van der Waals surface area (Å²) in [6.07, 6.45) is 3.81. The van der Waals surface area contributed by atoms with Gasteiger partial charge in [-0.1, -0.05) is 82.5 Å². The summed E-state index contributed by atoms with van der Waals surface area (Å²) in [4.78, 5) is 39.7. The zero-order chi connectivity index (χ0) is 31.7. The van der Waals surface area contributed by atoms with Crippen LogP contribution in [-0.4, -0.2) is 36.5 Å². The van der Waals surface area contributed by atoms with Crippen molar-refractivity contribution < 1.29 is 23.5 Å². The van der Waals surface area contributed by atoms with Crippen molar-refractivity contribution in [3.05, 3.63) is 58.9 Å². The molecule has 0 aliphatic carbocycles. The second-order valence-electron chi connectivity index (χ2n) is 13.1. The summed E-state index contributed by atoms with van der Waals surface area (Å²) in [5.41, 5.74) is 1.59. The summed E-state index contributed by atoms with van der Waals surface area (Å²) in [6.45, 7) is 13.3. The van der Waals surface area contributed by atoms with Gasteiger partial charge >= 0.3 is 5.97 Å². The van der Waals surface area contributed by atoms with Gasteiger partial charge in [-0.05, 0) is 80.7 Å². The predicted molar refractivity (Wildman–Crippen MR) is 168 cm³/mol. The fraction of sp³-hybridized carbons (Fsp3) is 0.559. The standard InChI is InChI=1S/C34H48ClFN2O4/c1-9-10-11-26(32(41)42-34(5,6)7)20-25(30(39)38-29(31(40)37-8)33(2,3)4)17-14-22-12-15-23(16-13-22)24-18-19-28(36)27(35)21-24/h12-13,15-16,18-19,21,25-26,29H,9-11,14,17,20H2,1-8H3,(H,37,40)(H,38,39)/t25-,26+,29-/m1/s1. The predicted octanol–water partition coefficient (Wildman–Crippen LogP) is 7.51. The number of aryl methyl sites for hydroxylation is 1. The first-order valence-corrected chi connectivity index (χ1v) is 15.2. The molecule has 0 fully saturated rings. The van der Waals surface area contributed by atoms with Crippen LogP contribution in [0.5, 0.6) is 0 Å². The number of esters is 1. The third-order valence-electron chi connectivity index (χ3n) is 7.24. The zero-order valence-corrected chi connectivity index (χ0v) is 27.2. The lowest BCUT2D eigenvalue weighted by Gasteiger charge is -2.32. The van der Waals surface area contributed by atoms with Gasteiger partial charge < -0.3 is 15.4 Å². The van der Waals surface area contributed by atoms with Crippen molar-refractivity contribution in [2.75, 3.05) is 7.05 Å². The molecule has 3 atom stereocenters. The molecule has 0 aromatic heterocycles. The van der Waals surface area contributed by atoms with Gasteiger partial charge in [0.2, 0.25) is 11.8 Å². The molecule has 0 spiro atoms. The minimum atomic E-state index is -0.727. The van der Waals surface area contributed by atoms with Crippen LogP contribution in [0.25, 0.3) is 11.1 Å². The molecule has 8 heteroatoms. The van der Waals surface area contributed by atoms with Crippen molar-refractivity contribution in [2.24, 2.45) is 17.3 Å². The number of carbonyl (C=O) groups excluding carboxylic acids is 3. The number of rotatable bonds is 13. The second-order valence-corrected chi connectivity index (χ2v) is 13.5. The lowest BCUT2D eigenvalue weighted by molar-refractivity contribution is -0.161. The number of unbranched alkanes of at least 4 members (excludes halogenated alkanes) is 1. The van der Waals surface area contributed by atoms with Crippen LogP contribution in [0.4, 0.5) is 4.39 Å². The van der Waals surface area contributed by atoms with Crippen LogP contribution in [-0.2, 0) is 25.5 Å². The molecule has 0 aliphatic heterocycles. The van der Waals surface area contributed by atoms with E-state index in [2.05, 4.69) is 17.6 Å². The Morgan fingerprint density at radius 2 is 1.52 bits per heavy atom. The van der Waals surface area contributed by atoms with Gasteiger partial charge in [0.1, 0.15) is 17.5 Å². The Labute approximate surface area is 256 Å². The van der Waals surface area contributed by atoms with Crippen LogP contribution >= 0.6 is 11.6 Å². The third kappa shape index (κ3) is 11.0. The van der Waals surface area contributed by atoms with Crippen LogP contribution in [0.2, 0.25) is 5.02 Å². The van der Waals surface area contributed by atoms with E-state index < -0.39 is 34.7 Å². The average Bonchev–Trinajstić information content (AvgIpc) is 2.91. The molecule has 0 bridgehead atoms. The second kappa shape index (κ2) is 15.5. The Balaban J connectivity index is 2.31. The molecule has 2 amide bonds. The topological polar surface area (TPSA) is 84.5 Å². The molecule has 0 aliphatic rings. The molecule has 6 nitrogen and oxygen atoms in total. The maximum absolute atomic E-state index is 13.8. The maximum atomic E-state index is 13.8. The van der Waals surface area contributed by atoms with E-state index in [1.54, 1.807) is 19.2 Å². The quantitative estimate of drug-likeness (QED) is 0.232. The number of halogens is 2. The molecule has 0 unspecified atom stereocenters. The number of hydrogen-bond acceptors (Lipinski definition) is 4. The molecule has 42 heavy (non-hydrogen) atoms. The first-order chi connectivity index (χ1) is 19.6. The lowest BCUT2D eigenvalue weighted by atomic mass is 9.83. The van der Waals surface area contributed by atoms with Crippen LogP contribution in [0.1, 0.15) is 86.1 Å². The summed E-state index contributed by atoms with van der Waals surface area (Å²) >= 11 is 5.96. The zero-order valence-electron chi connectivity index (χ0n) is 26.4. The molecule has 2 aromatic carbocycles. The van der Waals surface area contributed by atoms with Gasteiger partial charge in [0.05, 0.1) is 10.9 Å². The van der Waals surface area contributed by atoms with Crippen molar-refractivity contribution in [2.45, 2.75) is 98.6 Å². The molecule has 0 radical (unpaired) electrons. The van der Waals surface area contributed by atoms with Gasteiger partial charge in [-0.15, -0.1) is 0 Å². The fourth-order valence-electron chi connectivity index (χ4n) is 4.83. The normalized spacial score (nSPS) is 14.0. The highest BCUT2D eigenvalue weighted by molar-refractivity contribution is 6.31. The van der Waals surface area contributed by atoms with Gasteiger partial charge in [0.15, 0.2) is 0 Å². The summed E-state index contributed by atoms with van der Waals surface area (Å²) < 4.78 is 19.3. The maximum Gasteiger partial charge on any atom is 0.309 e. The molecule has 0 saturated carbocycles. The van der Waals surface area contributed by atoms with E-state index in [0.29, 0.717) is 25.7 Å². The van der Waals surface area contributed by atoms with E-state index >= 15 is 0 Å². The summed E-state index contributed by atoms with van der Waals surface area (Å²) in [6, 6.07) is 11.7. The Morgan fingerprint density at radius 1 is 0.905 bits per heavy atom. The summed E-state index contributed by atoms with van der Waals surface area (Å²) in [7, 11) is 1.55. The Bertz CT molecular complexity index is 1200. The SMILES string of the molecule is CCCC[C@@H](C[C@@H](CCc1ccc(-c2ccc(F)c(Cl)c2)cc1)C(=O)N[C@H](C(=O)NC)C(C)(C)C)C(=O)OC(C)(C)C. The minimum absolute atomic E-state index is 0.0679. The Hall–Kier alpha value is -2.93. The van der Waals surface area contributed by atoms with Crippen molar-refractivity contribution in [1.82, 2.24) is 10.6 Å². The third-order valence-corrected chi connectivity index (χ3v) is 7.53. The van der Waals surface area contributed by atoms with Gasteiger partial charge in [0, 0.05) is 13.0 Å². The molecular weight excluding hydrogens is 555 g/mol. The summed E-state index contributed by atoms with van der Waals surface area (Å²) in [5.74, 6) is -2.21. The largest absolute Gasteiger partial charge is 0.460 e. The lowest BCUT2D eigenvalue weighted by Crippen LogP contribution is -2.54. The van der Waals surface area contributed by atoms with E-state index in [-0.39, 0.29) is 22.8 Å². The molecule has 0 saturated heterocycles. The van der Waals surface area contributed by atoms with Crippen molar-refractivity contribution in [3.8, 4) is 11.1 Å². The number of hydrogen-bond donors (Lipinski definition) is 2. The first kappa shape index (κ1) is 35.3. The smallest absolute Gasteiger partial charge is 0.309 e. The van der Waals surface area contributed by atoms with Crippen molar-refractivity contribution in [1.29, 1.82) is 0 Å². The van der Waals surface area contributed by atoms with Crippen LogP contribution in [0.15, 0.2) is 42.5 Å². The number of nitrogens with one attached hydrogen (secondary N) is 2. The van der Waals surface area contributed by atoms with Crippen LogP contribution < -0.4 is 10.6 Å². The highest BCUT2D eigenvalue weighted by Crippen LogP contribution is 2.29. The fourth-order valence-corrected chi connectivity index (χ4v) is 5.01. The van der Waals surface area contributed by atoms with Gasteiger partial charge in [-0.2, -0.15) is 0 Å². The molecular formula is C34H48ClFN2O4. The van der Waals surface area contributed by atoms with Crippen LogP contribution in [0, 0.1) is 23.1 Å². The molecule has 232 valence electrons. The molecule has 2 aromatic rings. The molecule has 0 heterocycles. The van der Waals surface area contributed by atoms with Crippen LogP contribution in [0.3, 0.4) is 0 Å². The van der Waals surface area contributed by atoms with E-state index in [1.807, 2.05) is 65.8 Å². The summed E-state index contributed by atoms with van der Waals surface area (Å²) in [5, 5.41) is 5.71. The Morgan fingerprint density at radius 3 is 2.05 bits per heavy atom. The van der Waals surface area contributed by atoms with Crippen molar-refractivity contribution in [3.63, 3.8) is 0 Å². The minimum Gasteiger partial charge on any atom is -0.460 e. The monoisotopic (exact) mass is 602 g/mol. The van der Waals surface area contributed by atoms with E-state index in [9.17, 15) is 18.8 Å². The number of ether oxygens (including phenoxy) is 1. The first-order valence-electron chi connectivity index (χ1n) is 14.8. The van der Waals surface area contributed by atoms with Gasteiger partial charge in [-0.25, -0.2) is 4.39 Å². The highest BCUT2D eigenvalue weighted by atomic mass is 35.5. The van der Waals surface area contributed by atoms with E-state index in [4.69, 9.17) is 16.3 Å². The average molecular weight is 603 g/mol. The Kier molecular flexibility index (Phi) is 13.0. The van der Waals surface area contributed by atoms with E-state index in [1.165, 1.54) is 6.07 Å². The number of likely N-dealkylation sites (N-methyl/N-ethyl adjacent to an activating group) is 1.